The number of benzene rings is 1. The molecule has 1 aliphatic carbocycles. The van der Waals surface area contributed by atoms with E-state index in [-0.39, 0.29) is 0 Å². The van der Waals surface area contributed by atoms with E-state index in [9.17, 15) is 0 Å². The first-order chi connectivity index (χ1) is 7.31. The van der Waals surface area contributed by atoms with Gasteiger partial charge >= 0.3 is 0 Å². The van der Waals surface area contributed by atoms with Gasteiger partial charge in [0.25, 0.3) is 0 Å². The van der Waals surface area contributed by atoms with E-state index in [2.05, 4.69) is 23.5 Å². The van der Waals surface area contributed by atoms with Crippen molar-refractivity contribution in [1.29, 1.82) is 5.26 Å². The second-order valence-electron chi connectivity index (χ2n) is 3.89. The lowest BCUT2D eigenvalue weighted by Gasteiger charge is -2.16. The summed E-state index contributed by atoms with van der Waals surface area (Å²) in [6.45, 7) is 2.03. The van der Waals surface area contributed by atoms with Crippen molar-refractivity contribution >= 4 is 5.69 Å². The lowest BCUT2D eigenvalue weighted by Crippen LogP contribution is -2.16. The van der Waals surface area contributed by atoms with E-state index in [1.54, 1.807) is 0 Å². The van der Waals surface area contributed by atoms with E-state index >= 15 is 0 Å². The molecule has 0 saturated heterocycles. The fourth-order valence-electron chi connectivity index (χ4n) is 1.89. The van der Waals surface area contributed by atoms with E-state index in [1.165, 1.54) is 0 Å². The molecule has 1 N–H and O–H groups in total. The first kappa shape index (κ1) is 9.79. The minimum absolute atomic E-state index is 0.457. The Labute approximate surface area is 90.2 Å². The maximum absolute atomic E-state index is 9.01. The van der Waals surface area contributed by atoms with Crippen molar-refractivity contribution in [3.63, 3.8) is 0 Å². The molecule has 2 nitrogen and oxygen atoms in total. The third-order valence-corrected chi connectivity index (χ3v) is 2.75. The van der Waals surface area contributed by atoms with Crippen LogP contribution in [0.5, 0.6) is 0 Å². The van der Waals surface area contributed by atoms with Crippen molar-refractivity contribution < 1.29 is 0 Å². The van der Waals surface area contributed by atoms with Crippen LogP contribution in [-0.2, 0) is 0 Å². The number of rotatable bonds is 2. The molecule has 2 heteroatoms. The molecule has 0 spiro atoms. The molecule has 1 aliphatic rings. The predicted molar refractivity (Wildman–Crippen MR) is 61.7 cm³/mol. The Hall–Kier alpha value is -1.75. The minimum Gasteiger partial charge on any atom is -0.380 e. The zero-order chi connectivity index (χ0) is 10.7. The highest BCUT2D eigenvalue weighted by Gasteiger charge is 2.13. The highest BCUT2D eigenvalue weighted by atomic mass is 14.9. The number of anilines is 1. The average molecular weight is 198 g/mol. The monoisotopic (exact) mass is 198 g/mol. The van der Waals surface area contributed by atoms with Gasteiger partial charge in [-0.1, -0.05) is 24.3 Å². The van der Waals surface area contributed by atoms with Crippen LogP contribution in [0, 0.1) is 18.3 Å². The van der Waals surface area contributed by atoms with Crippen LogP contribution in [0.1, 0.15) is 24.0 Å². The smallest absolute Gasteiger partial charge is 0.101 e. The van der Waals surface area contributed by atoms with Crippen LogP contribution >= 0.6 is 0 Å². The zero-order valence-corrected chi connectivity index (χ0v) is 8.83. The summed E-state index contributed by atoms with van der Waals surface area (Å²) >= 11 is 0. The van der Waals surface area contributed by atoms with Crippen LogP contribution < -0.4 is 5.32 Å². The molecule has 0 atom stereocenters. The van der Waals surface area contributed by atoms with Gasteiger partial charge in [-0.05, 0) is 31.4 Å². The van der Waals surface area contributed by atoms with Gasteiger partial charge in [0.05, 0.1) is 11.3 Å². The normalized spacial score (nSPS) is 15.2. The molecule has 0 amide bonds. The largest absolute Gasteiger partial charge is 0.380 e. The average Bonchev–Trinajstić information content (AvgIpc) is 2.74. The quantitative estimate of drug-likeness (QED) is 0.741. The first-order valence-corrected chi connectivity index (χ1v) is 5.22. The molecule has 0 saturated carbocycles. The molecule has 1 aromatic rings. The number of para-hydroxylation sites is 1. The summed E-state index contributed by atoms with van der Waals surface area (Å²) in [5.41, 5.74) is 2.87. The third-order valence-electron chi connectivity index (χ3n) is 2.75. The van der Waals surface area contributed by atoms with E-state index in [0.717, 1.165) is 29.7 Å². The van der Waals surface area contributed by atoms with Gasteiger partial charge in [-0.3, -0.25) is 0 Å². The lowest BCUT2D eigenvalue weighted by atomic mass is 10.1. The van der Waals surface area contributed by atoms with Crippen LogP contribution in [-0.4, -0.2) is 6.04 Å². The fraction of sp³-hybridized carbons (Fsp3) is 0.308. The maximum atomic E-state index is 9.01. The summed E-state index contributed by atoms with van der Waals surface area (Å²) in [6, 6.07) is 8.50. The van der Waals surface area contributed by atoms with E-state index in [4.69, 9.17) is 5.26 Å². The Morgan fingerprint density at radius 2 is 2.07 bits per heavy atom. The van der Waals surface area contributed by atoms with Crippen LogP contribution in [0.25, 0.3) is 0 Å². The molecule has 1 aromatic carbocycles. The molecule has 76 valence electrons. The minimum atomic E-state index is 0.457. The van der Waals surface area contributed by atoms with Crippen LogP contribution in [0.3, 0.4) is 0 Å². The third kappa shape index (κ3) is 2.02. The van der Waals surface area contributed by atoms with Gasteiger partial charge in [-0.2, -0.15) is 5.26 Å². The predicted octanol–water partition coefficient (Wildman–Crippen LogP) is 3.00. The summed E-state index contributed by atoms with van der Waals surface area (Å²) in [5, 5.41) is 12.5. The molecular formula is C13H14N2. The second kappa shape index (κ2) is 4.18. The van der Waals surface area contributed by atoms with E-state index < -0.39 is 0 Å². The highest BCUT2D eigenvalue weighted by molar-refractivity contribution is 5.62. The van der Waals surface area contributed by atoms with Gasteiger partial charge in [-0.25, -0.2) is 0 Å². The van der Waals surface area contributed by atoms with Gasteiger partial charge in [0.1, 0.15) is 6.07 Å². The maximum Gasteiger partial charge on any atom is 0.101 e. The van der Waals surface area contributed by atoms with Gasteiger partial charge in [-0.15, -0.1) is 0 Å². The summed E-state index contributed by atoms with van der Waals surface area (Å²) in [6.07, 6.45) is 6.47. The Balaban J connectivity index is 2.23. The van der Waals surface area contributed by atoms with Gasteiger partial charge in [0.15, 0.2) is 0 Å². The SMILES string of the molecule is Cc1cccc(C#N)c1NC1CC=CC1. The zero-order valence-electron chi connectivity index (χ0n) is 8.83. The number of nitriles is 1. The second-order valence-corrected chi connectivity index (χ2v) is 3.89. The molecule has 0 aromatic heterocycles. The van der Waals surface area contributed by atoms with Gasteiger partial charge in [0.2, 0.25) is 0 Å². The number of hydrogen-bond donors (Lipinski definition) is 1. The molecule has 2 rings (SSSR count). The van der Waals surface area contributed by atoms with Crippen molar-refractivity contribution in [3.05, 3.63) is 41.5 Å². The van der Waals surface area contributed by atoms with Crippen LogP contribution in [0.4, 0.5) is 5.69 Å². The summed E-state index contributed by atoms with van der Waals surface area (Å²) < 4.78 is 0. The summed E-state index contributed by atoms with van der Waals surface area (Å²) in [5.74, 6) is 0. The van der Waals surface area contributed by atoms with Crippen LogP contribution in [0.2, 0.25) is 0 Å². The molecule has 0 unspecified atom stereocenters. The molecule has 0 heterocycles. The fourth-order valence-corrected chi connectivity index (χ4v) is 1.89. The molecular weight excluding hydrogens is 184 g/mol. The van der Waals surface area contributed by atoms with Gasteiger partial charge < -0.3 is 5.32 Å². The Kier molecular flexibility index (Phi) is 2.73. The van der Waals surface area contributed by atoms with E-state index in [1.807, 2.05) is 25.1 Å². The highest BCUT2D eigenvalue weighted by Crippen LogP contribution is 2.23. The lowest BCUT2D eigenvalue weighted by molar-refractivity contribution is 0.785. The standard InChI is InChI=1S/C13H14N2/c1-10-5-4-6-11(9-14)13(10)15-12-7-2-3-8-12/h2-6,12,15H,7-8H2,1H3. The van der Waals surface area contributed by atoms with Crippen molar-refractivity contribution in [2.75, 3.05) is 5.32 Å². The Morgan fingerprint density at radius 3 is 2.73 bits per heavy atom. The summed E-state index contributed by atoms with van der Waals surface area (Å²) in [7, 11) is 0. The molecule has 15 heavy (non-hydrogen) atoms. The molecule has 0 radical (unpaired) electrons. The van der Waals surface area contributed by atoms with Crippen molar-refractivity contribution in [2.45, 2.75) is 25.8 Å². The van der Waals surface area contributed by atoms with Crippen molar-refractivity contribution in [2.24, 2.45) is 0 Å². The van der Waals surface area contributed by atoms with Crippen molar-refractivity contribution in [3.8, 4) is 6.07 Å². The Bertz CT molecular complexity index is 419. The summed E-state index contributed by atoms with van der Waals surface area (Å²) in [4.78, 5) is 0. The number of aryl methyl sites for hydroxylation is 1. The van der Waals surface area contributed by atoms with Crippen molar-refractivity contribution in [1.82, 2.24) is 0 Å². The number of hydrogen-bond acceptors (Lipinski definition) is 2. The molecule has 0 aliphatic heterocycles. The number of nitrogens with zero attached hydrogens (tertiary/aromatic N) is 1. The van der Waals surface area contributed by atoms with Crippen LogP contribution in [0.15, 0.2) is 30.4 Å². The number of nitrogens with one attached hydrogen (secondary N) is 1. The topological polar surface area (TPSA) is 35.8 Å². The first-order valence-electron chi connectivity index (χ1n) is 5.22. The van der Waals surface area contributed by atoms with Gasteiger partial charge in [0, 0.05) is 6.04 Å². The van der Waals surface area contributed by atoms with E-state index in [0.29, 0.717) is 6.04 Å². The molecule has 0 bridgehead atoms. The molecule has 0 fully saturated rings. The Morgan fingerprint density at radius 1 is 1.33 bits per heavy atom.